The van der Waals surface area contributed by atoms with Gasteiger partial charge in [0.2, 0.25) is 0 Å². The predicted octanol–water partition coefficient (Wildman–Crippen LogP) is -18.0. The van der Waals surface area contributed by atoms with E-state index < -0.39 is 96.4 Å². The molecule has 0 aliphatic carbocycles. The number of hydrogen-bond donors (Lipinski definition) is 0. The van der Waals surface area contributed by atoms with E-state index >= 15 is 0 Å². The second-order valence-corrected chi connectivity index (χ2v) is 15.2. The van der Waals surface area contributed by atoms with Gasteiger partial charge in [0.05, 0.1) is 46.1 Å². The summed E-state index contributed by atoms with van der Waals surface area (Å²) >= 11 is 0. The van der Waals surface area contributed by atoms with Crippen LogP contribution in [0.15, 0.2) is 0 Å². The molecule has 0 unspecified atom stereocenters. The number of fused-ring (bicyclic) bond motifs is 2. The molecule has 196 valence electrons. The van der Waals surface area contributed by atoms with Crippen LogP contribution in [0.1, 0.15) is 11.1 Å². The number of rotatable bonds is 19. The second-order valence-electron chi connectivity index (χ2n) is 15.2. The van der Waals surface area contributed by atoms with E-state index in [1.807, 2.05) is 6.92 Å². The highest BCUT2D eigenvalue weighted by Crippen LogP contribution is 2.24. The summed E-state index contributed by atoms with van der Waals surface area (Å²) in [6.07, 6.45) is -10.5. The zero-order valence-corrected chi connectivity index (χ0v) is 33.2. The lowest BCUT2D eigenvalue weighted by atomic mass is 8.59. The van der Waals surface area contributed by atoms with Gasteiger partial charge in [-0.15, -0.1) is 10.9 Å². The Bertz CT molecular complexity index is 1870. The smallest absolute Gasteiger partial charge is 0.113 e. The Hall–Kier alpha value is 0.907. The average Bonchev–Trinajstić information content (AvgIpc) is 3.14. The van der Waals surface area contributed by atoms with Gasteiger partial charge in [0.25, 0.3) is 0 Å². The van der Waals surface area contributed by atoms with Crippen molar-refractivity contribution >= 4 is 368 Å². The Morgan fingerprint density at radius 3 is 1.26 bits per heavy atom. The van der Waals surface area contributed by atoms with E-state index in [9.17, 15) is 0 Å². The van der Waals surface area contributed by atoms with E-state index in [1.165, 1.54) is 28.4 Å². The maximum absolute atomic E-state index is 7.29. The van der Waals surface area contributed by atoms with Gasteiger partial charge in [0, 0.05) is 249 Å². The third-order valence-electron chi connectivity index (χ3n) is 11.5. The van der Waals surface area contributed by atoms with Gasteiger partial charge in [-0.25, -0.2) is 0 Å². The minimum atomic E-state index is -1.31. The lowest BCUT2D eigenvalue weighted by Crippen LogP contribution is -2.72. The quantitative estimate of drug-likeness (QED) is 0.0893. The fourth-order valence-electron chi connectivity index (χ4n) is 8.69. The molecule has 3 aromatic rings. The van der Waals surface area contributed by atoms with Crippen LogP contribution in [0.2, 0.25) is 0 Å². The molecule has 0 amide bonds. The monoisotopic (exact) mass is 660 g/mol. The zero-order chi connectivity index (χ0) is 44.6. The fourth-order valence-corrected chi connectivity index (χ4v) is 8.69. The minimum Gasteiger partial charge on any atom is -0.113 e. The maximum atomic E-state index is 7.29. The van der Waals surface area contributed by atoms with E-state index in [0.717, 1.165) is 0 Å². The fraction of sp³-hybridized carbons (Fsp3) is 0.125. The van der Waals surface area contributed by atoms with Crippen molar-refractivity contribution in [3.8, 4) is 0 Å². The van der Waals surface area contributed by atoms with Gasteiger partial charge in [0.1, 0.15) is 7.85 Å². The van der Waals surface area contributed by atoms with Gasteiger partial charge >= 0.3 is 0 Å². The molecule has 3 aromatic carbocycles. The summed E-state index contributed by atoms with van der Waals surface area (Å²) in [6.45, 7) is -3.19. The molecule has 0 saturated carbocycles. The normalized spacial score (nSPS) is 10.4. The van der Waals surface area contributed by atoms with Crippen molar-refractivity contribution in [2.45, 2.75) is 13.8 Å². The molecule has 0 aromatic heterocycles. The molecule has 0 bridgehead atoms. The molecule has 0 fully saturated rings. The lowest BCUT2D eigenvalue weighted by molar-refractivity contribution is 1.41. The molecular weight excluding hydrogens is 646 g/mol. The molecule has 0 N–H and O–H groups in total. The van der Waals surface area contributed by atoms with Crippen molar-refractivity contribution < 1.29 is 0 Å². The summed E-state index contributed by atoms with van der Waals surface area (Å²) in [4.78, 5) is 0. The first-order chi connectivity index (χ1) is 26.9. The molecule has 0 heterocycles. The topological polar surface area (TPSA) is 0 Å². The number of benzene rings is 3. The van der Waals surface area contributed by atoms with Gasteiger partial charge in [-0.2, -0.15) is 0 Å². The van der Waals surface area contributed by atoms with Crippen molar-refractivity contribution in [3.63, 3.8) is 0 Å². The average molecular weight is 652 g/mol. The summed E-state index contributed by atoms with van der Waals surface area (Å²) < 4.78 is 0. The molecule has 58 heavy (non-hydrogen) atoms. The highest BCUT2D eigenvalue weighted by atomic mass is 14.2. The molecule has 0 spiro atoms. The first-order valence-corrected chi connectivity index (χ1v) is 18.6. The van der Waals surface area contributed by atoms with Gasteiger partial charge < -0.3 is 0 Å². The third kappa shape index (κ3) is 10.1. The minimum absolute atomic E-state index is 0.00957. The highest BCUT2D eigenvalue weighted by molar-refractivity contribution is 7.97. The van der Waals surface area contributed by atoms with Crippen molar-refractivity contribution in [3.05, 3.63) is 11.1 Å². The Morgan fingerprint density at radius 2 is 0.879 bits per heavy atom. The molecular formula is C16H6B42. The summed E-state index contributed by atoms with van der Waals surface area (Å²) in [5.41, 5.74) is 3.17. The summed E-state index contributed by atoms with van der Waals surface area (Å²) in [5.74, 6) is 0. The third-order valence-corrected chi connectivity index (χ3v) is 11.5. The molecule has 0 aliphatic rings. The predicted molar refractivity (Wildman–Crippen MR) is 310 cm³/mol. The largest absolute Gasteiger partial charge is 0.113 e. The van der Waals surface area contributed by atoms with E-state index in [-0.39, 0.29) is 38.1 Å². The van der Waals surface area contributed by atoms with Crippen LogP contribution in [-0.4, -0.2) is 303 Å². The van der Waals surface area contributed by atoms with Crippen molar-refractivity contribution in [1.29, 1.82) is 0 Å². The van der Waals surface area contributed by atoms with Crippen LogP contribution in [0.4, 0.5) is 0 Å². The Labute approximate surface area is 390 Å². The SMILES string of the molecule is [B][B]B([B])B(B([B])[B])c1c(C)c(C)c(B([B])B([B])[B])c2c(B(B([B])[B])B([B])B([B])[B])c3c(B([B])[B][B])c(B([B])[B])c([B][B])c([B])c3c(B(B([B])[B])B([B][B])B([B])[B])c12. The van der Waals surface area contributed by atoms with Crippen LogP contribution >= 0.6 is 0 Å². The molecule has 0 saturated heterocycles. The van der Waals surface area contributed by atoms with Gasteiger partial charge in [-0.3, -0.25) is 0 Å². The molecule has 3 rings (SSSR count). The summed E-state index contributed by atoms with van der Waals surface area (Å²) in [5, 5.41) is 1.09. The number of hydrogen-bond acceptors (Lipinski definition) is 0. The molecule has 0 atom stereocenters. The highest BCUT2D eigenvalue weighted by Gasteiger charge is 2.43. The molecule has 0 nitrogen and oxygen atoms in total. The van der Waals surface area contributed by atoms with E-state index in [0.29, 0.717) is 38.3 Å². The van der Waals surface area contributed by atoms with Crippen LogP contribution in [-0.2, 0) is 0 Å². The standard InChI is InChI=1S/C16H6B42/c1-3-4(2)12(47(51(28)29)56(38)42-20)8-7(11(3)46(25)50(26)27)14(48(52(30)31)57(39)54(34)35)6-5(13(8)49(53(32)33)58(43-21)55(36)37)9(17)10(40-18)16(44(22)23)15(6)45(24)41-19/h1-2H3. The van der Waals surface area contributed by atoms with Crippen LogP contribution in [0, 0.1) is 13.8 Å². The zero-order valence-electron chi connectivity index (χ0n) is 33.2. The molecule has 50 radical (unpaired) electrons. The first-order valence-electron chi connectivity index (χ1n) is 18.6. The second kappa shape index (κ2) is 22.2. The van der Waals surface area contributed by atoms with Crippen LogP contribution in [0.3, 0.4) is 0 Å². The Kier molecular flexibility index (Phi) is 20.4. The van der Waals surface area contributed by atoms with E-state index in [2.05, 4.69) is 0 Å². The maximum Gasteiger partial charge on any atom is 0.113 e. The van der Waals surface area contributed by atoms with E-state index in [1.54, 1.807) is 6.92 Å². The van der Waals surface area contributed by atoms with Crippen LogP contribution in [0.5, 0.6) is 0 Å². The molecule has 42 heteroatoms. The van der Waals surface area contributed by atoms with Gasteiger partial charge in [-0.1, -0.05) is 43.9 Å². The summed E-state index contributed by atoms with van der Waals surface area (Å²) in [6, 6.07) is 0. The van der Waals surface area contributed by atoms with Crippen molar-refractivity contribution in [2.75, 3.05) is 0 Å². The lowest BCUT2D eigenvalue weighted by Gasteiger charge is -2.42. The van der Waals surface area contributed by atoms with Crippen LogP contribution in [0.25, 0.3) is 21.5 Å². The van der Waals surface area contributed by atoms with Crippen molar-refractivity contribution in [1.82, 2.24) is 0 Å². The Balaban J connectivity index is 3.41. The van der Waals surface area contributed by atoms with Crippen molar-refractivity contribution in [2.24, 2.45) is 0 Å². The Morgan fingerprint density at radius 1 is 0.414 bits per heavy atom. The van der Waals surface area contributed by atoms with E-state index in [4.69, 9.17) is 178 Å². The molecule has 0 aliphatic heterocycles. The first kappa shape index (κ1) is 53.2. The summed E-state index contributed by atoms with van der Waals surface area (Å²) in [7, 11) is 157. The van der Waals surface area contributed by atoms with Gasteiger partial charge in [0.15, 0.2) is 0 Å². The van der Waals surface area contributed by atoms with Gasteiger partial charge in [-0.05, 0) is 35.4 Å². The van der Waals surface area contributed by atoms with Crippen LogP contribution < -0.4 is 43.7 Å².